The van der Waals surface area contributed by atoms with E-state index in [1.54, 1.807) is 0 Å². The van der Waals surface area contributed by atoms with Crippen molar-refractivity contribution in [1.82, 2.24) is 4.90 Å². The summed E-state index contributed by atoms with van der Waals surface area (Å²) in [5, 5.41) is 0. The molecule has 1 rings (SSSR count). The van der Waals surface area contributed by atoms with Gasteiger partial charge in [-0.2, -0.15) is 0 Å². The predicted molar refractivity (Wildman–Crippen MR) is 56.6 cm³/mol. The average Bonchev–Trinajstić information content (AvgIpc) is 2.78. The van der Waals surface area contributed by atoms with E-state index in [1.165, 1.54) is 19.1 Å². The molecule has 0 radical (unpaired) electrons. The number of nitrogens with zero attached hydrogens (tertiary/aromatic N) is 1. The number of rotatable bonds is 4. The van der Waals surface area contributed by atoms with E-state index >= 15 is 0 Å². The minimum Gasteiger partial charge on any atom is -0.467 e. The summed E-state index contributed by atoms with van der Waals surface area (Å²) in [7, 11) is 2.75. The van der Waals surface area contributed by atoms with Gasteiger partial charge in [-0.3, -0.25) is 4.79 Å². The van der Waals surface area contributed by atoms with Gasteiger partial charge in [-0.15, -0.1) is 0 Å². The van der Waals surface area contributed by atoms with E-state index in [0.29, 0.717) is 13.0 Å². The maximum Gasteiger partial charge on any atom is 0.328 e. The van der Waals surface area contributed by atoms with Crippen LogP contribution in [0.25, 0.3) is 0 Å². The highest BCUT2D eigenvalue weighted by Gasteiger charge is 2.37. The fourth-order valence-electron chi connectivity index (χ4n) is 1.89. The Labute approximate surface area is 94.7 Å². The monoisotopic (exact) mass is 230 g/mol. The highest BCUT2D eigenvalue weighted by atomic mass is 16.5. The van der Waals surface area contributed by atoms with Gasteiger partial charge in [-0.05, 0) is 12.8 Å². The molecule has 0 aromatic rings. The Kier molecular flexibility index (Phi) is 4.70. The van der Waals surface area contributed by atoms with Gasteiger partial charge in [0.15, 0.2) is 0 Å². The molecule has 1 aliphatic heterocycles. The molecule has 92 valence electrons. The number of carbonyl (C=O) groups is 2. The summed E-state index contributed by atoms with van der Waals surface area (Å²) in [5.41, 5.74) is 5.42. The molecule has 0 bridgehead atoms. The second-order valence-corrected chi connectivity index (χ2v) is 3.67. The first kappa shape index (κ1) is 12.9. The fourth-order valence-corrected chi connectivity index (χ4v) is 1.89. The molecule has 0 saturated carbocycles. The second kappa shape index (κ2) is 5.81. The number of likely N-dealkylation sites (tertiary alicyclic amines) is 1. The van der Waals surface area contributed by atoms with E-state index in [2.05, 4.69) is 4.74 Å². The lowest BCUT2D eigenvalue weighted by Gasteiger charge is -2.26. The third-order valence-corrected chi connectivity index (χ3v) is 2.78. The van der Waals surface area contributed by atoms with Crippen LogP contribution in [0.3, 0.4) is 0 Å². The molecule has 1 amide bonds. The standard InChI is InChI=1S/C10H18N2O4/c1-15-8(6-11)9(13)12-5-3-4-7(12)10(14)16-2/h7-8H,3-6,11H2,1-2H3. The average molecular weight is 230 g/mol. The summed E-state index contributed by atoms with van der Waals surface area (Å²) in [6.45, 7) is 0.665. The summed E-state index contributed by atoms with van der Waals surface area (Å²) in [4.78, 5) is 24.9. The van der Waals surface area contributed by atoms with Crippen molar-refractivity contribution < 1.29 is 19.1 Å². The number of ether oxygens (including phenoxy) is 2. The summed E-state index contributed by atoms with van der Waals surface area (Å²) in [5.74, 6) is -0.615. The molecule has 0 spiro atoms. The van der Waals surface area contributed by atoms with Crippen molar-refractivity contribution in [2.24, 2.45) is 5.73 Å². The lowest BCUT2D eigenvalue weighted by Crippen LogP contribution is -2.48. The molecule has 0 aromatic carbocycles. The maximum absolute atomic E-state index is 12.0. The van der Waals surface area contributed by atoms with Crippen LogP contribution in [0.15, 0.2) is 0 Å². The van der Waals surface area contributed by atoms with Crippen LogP contribution in [0.5, 0.6) is 0 Å². The molecule has 2 unspecified atom stereocenters. The zero-order chi connectivity index (χ0) is 12.1. The highest BCUT2D eigenvalue weighted by Crippen LogP contribution is 2.19. The first-order valence-electron chi connectivity index (χ1n) is 5.26. The van der Waals surface area contributed by atoms with Crippen molar-refractivity contribution in [2.75, 3.05) is 27.3 Å². The first-order valence-corrected chi connectivity index (χ1v) is 5.26. The van der Waals surface area contributed by atoms with Crippen LogP contribution in [-0.4, -0.2) is 56.2 Å². The molecule has 2 atom stereocenters. The third-order valence-electron chi connectivity index (χ3n) is 2.78. The van der Waals surface area contributed by atoms with Gasteiger partial charge in [0.1, 0.15) is 12.1 Å². The molecule has 0 aliphatic carbocycles. The number of carbonyl (C=O) groups excluding carboxylic acids is 2. The van der Waals surface area contributed by atoms with Crippen LogP contribution in [0.2, 0.25) is 0 Å². The van der Waals surface area contributed by atoms with E-state index in [0.717, 1.165) is 6.42 Å². The molecule has 0 aromatic heterocycles. The van der Waals surface area contributed by atoms with Gasteiger partial charge >= 0.3 is 5.97 Å². The largest absolute Gasteiger partial charge is 0.467 e. The van der Waals surface area contributed by atoms with Crippen molar-refractivity contribution in [2.45, 2.75) is 25.0 Å². The van der Waals surface area contributed by atoms with Crippen LogP contribution in [0.4, 0.5) is 0 Å². The lowest BCUT2D eigenvalue weighted by atomic mass is 10.2. The smallest absolute Gasteiger partial charge is 0.328 e. The van der Waals surface area contributed by atoms with E-state index in [9.17, 15) is 9.59 Å². The highest BCUT2D eigenvalue weighted by molar-refractivity contribution is 5.87. The Bertz CT molecular complexity index is 266. The Morgan fingerprint density at radius 2 is 2.19 bits per heavy atom. The summed E-state index contributed by atoms with van der Waals surface area (Å²) in [6.07, 6.45) is 0.761. The Balaban J connectivity index is 2.70. The number of hydrogen-bond donors (Lipinski definition) is 1. The number of hydrogen-bond acceptors (Lipinski definition) is 5. The zero-order valence-corrected chi connectivity index (χ0v) is 9.64. The molecule has 2 N–H and O–H groups in total. The Hall–Kier alpha value is -1.14. The van der Waals surface area contributed by atoms with Crippen molar-refractivity contribution in [3.05, 3.63) is 0 Å². The molecule has 6 heteroatoms. The normalized spacial score (nSPS) is 21.9. The van der Waals surface area contributed by atoms with Crippen molar-refractivity contribution in [1.29, 1.82) is 0 Å². The number of esters is 1. The van der Waals surface area contributed by atoms with Crippen molar-refractivity contribution in [3.8, 4) is 0 Å². The molecular weight excluding hydrogens is 212 g/mol. The minimum atomic E-state index is -0.676. The van der Waals surface area contributed by atoms with Gasteiger partial charge in [0, 0.05) is 20.2 Å². The third kappa shape index (κ3) is 2.51. The van der Waals surface area contributed by atoms with Crippen LogP contribution >= 0.6 is 0 Å². The fraction of sp³-hybridized carbons (Fsp3) is 0.800. The molecule has 1 fully saturated rings. The molecular formula is C10H18N2O4. The maximum atomic E-state index is 12.0. The van der Waals surface area contributed by atoms with Gasteiger partial charge in [0.25, 0.3) is 5.91 Å². The van der Waals surface area contributed by atoms with Crippen molar-refractivity contribution in [3.63, 3.8) is 0 Å². The van der Waals surface area contributed by atoms with E-state index in [1.807, 2.05) is 0 Å². The van der Waals surface area contributed by atoms with Gasteiger partial charge in [0.05, 0.1) is 7.11 Å². The number of nitrogens with two attached hydrogens (primary N) is 1. The molecule has 6 nitrogen and oxygen atoms in total. The lowest BCUT2D eigenvalue weighted by molar-refractivity contribution is -0.154. The van der Waals surface area contributed by atoms with Gasteiger partial charge in [0.2, 0.25) is 0 Å². The van der Waals surface area contributed by atoms with E-state index in [4.69, 9.17) is 10.5 Å². The number of amides is 1. The Morgan fingerprint density at radius 1 is 1.50 bits per heavy atom. The zero-order valence-electron chi connectivity index (χ0n) is 9.64. The molecule has 1 saturated heterocycles. The quantitative estimate of drug-likeness (QED) is 0.634. The summed E-state index contributed by atoms with van der Waals surface area (Å²) >= 11 is 0. The molecule has 1 aliphatic rings. The molecule has 1 heterocycles. The predicted octanol–water partition coefficient (Wildman–Crippen LogP) is -0.876. The molecule has 16 heavy (non-hydrogen) atoms. The van der Waals surface area contributed by atoms with E-state index in [-0.39, 0.29) is 18.4 Å². The van der Waals surface area contributed by atoms with E-state index < -0.39 is 12.1 Å². The van der Waals surface area contributed by atoms with Crippen LogP contribution in [0.1, 0.15) is 12.8 Å². The summed E-state index contributed by atoms with van der Waals surface area (Å²) < 4.78 is 9.62. The minimum absolute atomic E-state index is 0.111. The van der Waals surface area contributed by atoms with Gasteiger partial charge in [-0.25, -0.2) is 4.79 Å². The van der Waals surface area contributed by atoms with Crippen LogP contribution < -0.4 is 5.73 Å². The topological polar surface area (TPSA) is 81.9 Å². The van der Waals surface area contributed by atoms with Crippen molar-refractivity contribution >= 4 is 11.9 Å². The second-order valence-electron chi connectivity index (χ2n) is 3.67. The SMILES string of the molecule is COC(=O)C1CCCN1C(=O)C(CN)OC. The number of methoxy groups -OCH3 is 2. The first-order chi connectivity index (χ1) is 7.65. The van der Waals surface area contributed by atoms with Crippen LogP contribution in [0, 0.1) is 0 Å². The van der Waals surface area contributed by atoms with Crippen LogP contribution in [-0.2, 0) is 19.1 Å². The van der Waals surface area contributed by atoms with Gasteiger partial charge < -0.3 is 20.1 Å². The summed E-state index contributed by atoms with van der Waals surface area (Å²) in [6, 6.07) is -0.485. The Morgan fingerprint density at radius 3 is 2.69 bits per heavy atom. The van der Waals surface area contributed by atoms with Gasteiger partial charge in [-0.1, -0.05) is 0 Å².